The third-order valence-electron chi connectivity index (χ3n) is 4.93. The lowest BCUT2D eigenvalue weighted by Gasteiger charge is -2.29. The molecule has 5 heteroatoms. The van der Waals surface area contributed by atoms with Crippen LogP contribution in [0.4, 0.5) is 10.2 Å². The number of isothiocyanates is 1. The van der Waals surface area contributed by atoms with Gasteiger partial charge in [0.2, 0.25) is 0 Å². The van der Waals surface area contributed by atoms with Crippen molar-refractivity contribution in [2.75, 3.05) is 6.61 Å². The predicted molar refractivity (Wildman–Crippen MR) is 105 cm³/mol. The summed E-state index contributed by atoms with van der Waals surface area (Å²) in [6.45, 7) is 3.07. The van der Waals surface area contributed by atoms with Gasteiger partial charge >= 0.3 is 0 Å². The van der Waals surface area contributed by atoms with Crippen molar-refractivity contribution < 1.29 is 9.13 Å². The van der Waals surface area contributed by atoms with E-state index in [9.17, 15) is 4.39 Å². The van der Waals surface area contributed by atoms with Crippen molar-refractivity contribution in [3.05, 3.63) is 47.9 Å². The van der Waals surface area contributed by atoms with Gasteiger partial charge in [-0.1, -0.05) is 44.0 Å². The number of ether oxygens (including phenoxy) is 1. The minimum atomic E-state index is -0.371. The number of unbranched alkanes of at least 4 members (excludes halogenated alkanes) is 1. The average Bonchev–Trinajstić information content (AvgIpc) is 2.67. The maximum atomic E-state index is 14.3. The van der Waals surface area contributed by atoms with Gasteiger partial charge in [-0.2, -0.15) is 4.99 Å². The van der Waals surface area contributed by atoms with E-state index in [-0.39, 0.29) is 17.7 Å². The van der Waals surface area contributed by atoms with Gasteiger partial charge in [-0.3, -0.25) is 0 Å². The van der Waals surface area contributed by atoms with Gasteiger partial charge in [0.1, 0.15) is 5.82 Å². The van der Waals surface area contributed by atoms with Crippen LogP contribution in [0.5, 0.6) is 0 Å². The van der Waals surface area contributed by atoms with E-state index in [2.05, 4.69) is 34.3 Å². The number of halogens is 1. The van der Waals surface area contributed by atoms with Crippen molar-refractivity contribution in [3.8, 4) is 11.1 Å². The number of aromatic nitrogens is 1. The molecule has 2 aromatic rings. The molecule has 1 fully saturated rings. The molecule has 0 bridgehead atoms. The van der Waals surface area contributed by atoms with E-state index in [4.69, 9.17) is 4.74 Å². The molecule has 1 aliphatic rings. The lowest BCUT2D eigenvalue weighted by molar-refractivity contribution is -0.0197. The van der Waals surface area contributed by atoms with Gasteiger partial charge in [0, 0.05) is 17.8 Å². The third-order valence-corrected chi connectivity index (χ3v) is 5.02. The maximum Gasteiger partial charge on any atom is 0.165 e. The molecule has 1 aromatic carbocycles. The maximum absolute atomic E-state index is 14.3. The molecule has 1 saturated heterocycles. The van der Waals surface area contributed by atoms with E-state index in [1.165, 1.54) is 37.9 Å². The Bertz CT molecular complexity index is 779. The molecule has 2 heterocycles. The van der Waals surface area contributed by atoms with E-state index in [1.807, 2.05) is 24.3 Å². The van der Waals surface area contributed by atoms with Gasteiger partial charge in [-0.15, -0.1) is 0 Å². The summed E-state index contributed by atoms with van der Waals surface area (Å²) in [7, 11) is 0. The summed E-state index contributed by atoms with van der Waals surface area (Å²) in [5, 5.41) is 2.19. The summed E-state index contributed by atoms with van der Waals surface area (Å²) in [5.41, 5.74) is 2.38. The largest absolute Gasteiger partial charge is 0.373 e. The fourth-order valence-electron chi connectivity index (χ4n) is 3.41. The van der Waals surface area contributed by atoms with Crippen LogP contribution in [-0.2, 0) is 4.74 Å². The molecular weight excluding hydrogens is 347 g/mol. The second kappa shape index (κ2) is 9.13. The van der Waals surface area contributed by atoms with Crippen molar-refractivity contribution in [2.45, 2.75) is 45.1 Å². The first-order chi connectivity index (χ1) is 12.7. The van der Waals surface area contributed by atoms with Crippen molar-refractivity contribution in [3.63, 3.8) is 0 Å². The molecule has 3 rings (SSSR count). The number of aliphatic imine (C=N–C) groups is 1. The van der Waals surface area contributed by atoms with E-state index >= 15 is 0 Å². The number of benzene rings is 1. The first-order valence-electron chi connectivity index (χ1n) is 9.16. The Hall–Kier alpha value is -1.94. The normalized spacial score (nSPS) is 19.8. The lowest BCUT2D eigenvalue weighted by Crippen LogP contribution is -2.20. The fourth-order valence-corrected chi connectivity index (χ4v) is 3.50. The lowest BCUT2D eigenvalue weighted by atomic mass is 9.91. The van der Waals surface area contributed by atoms with Crippen LogP contribution in [0.1, 0.15) is 50.7 Å². The van der Waals surface area contributed by atoms with Gasteiger partial charge in [-0.25, -0.2) is 9.37 Å². The van der Waals surface area contributed by atoms with Gasteiger partial charge in [-0.05, 0) is 48.5 Å². The molecule has 1 aliphatic heterocycles. The summed E-state index contributed by atoms with van der Waals surface area (Å²) >= 11 is 4.52. The minimum Gasteiger partial charge on any atom is -0.373 e. The zero-order valence-electron chi connectivity index (χ0n) is 15.0. The molecule has 3 nitrogen and oxygen atoms in total. The molecule has 0 radical (unpaired) electrons. The molecular formula is C21H23FN2OS. The Balaban J connectivity index is 1.67. The molecule has 0 amide bonds. The second-order valence-electron chi connectivity index (χ2n) is 6.76. The average molecular weight is 370 g/mol. The number of pyridine rings is 1. The molecule has 0 aliphatic carbocycles. The minimum absolute atomic E-state index is 0.143. The van der Waals surface area contributed by atoms with Gasteiger partial charge < -0.3 is 4.74 Å². The molecule has 0 saturated carbocycles. The molecule has 2 atom stereocenters. The Labute approximate surface area is 159 Å². The van der Waals surface area contributed by atoms with Crippen LogP contribution in [-0.4, -0.2) is 16.8 Å². The van der Waals surface area contributed by atoms with E-state index in [0.717, 1.165) is 24.2 Å². The van der Waals surface area contributed by atoms with Crippen molar-refractivity contribution >= 4 is 23.2 Å². The monoisotopic (exact) mass is 370 g/mol. The van der Waals surface area contributed by atoms with Crippen LogP contribution in [0.25, 0.3) is 11.1 Å². The Kier molecular flexibility index (Phi) is 6.62. The number of thiocarbonyl (C=S) groups is 1. The fraction of sp³-hybridized carbons (Fsp3) is 0.429. The van der Waals surface area contributed by atoms with Crippen LogP contribution in [0.2, 0.25) is 0 Å². The van der Waals surface area contributed by atoms with Crippen molar-refractivity contribution in [1.82, 2.24) is 4.98 Å². The van der Waals surface area contributed by atoms with Gasteiger partial charge in [0.15, 0.2) is 5.82 Å². The molecule has 1 unspecified atom stereocenters. The standard InChI is InChI=1S/C21H23FN2OS/c1-2-3-4-15-5-10-20(25-13-15)17-8-6-16(7-9-17)18-12-23-21(24-14-26)11-19(18)22/h6-9,11-12,15,20H,2-5,10,13H2,1H3/t15?,20-/m0/s1. The summed E-state index contributed by atoms with van der Waals surface area (Å²) in [4.78, 5) is 7.79. The van der Waals surface area contributed by atoms with E-state index in [0.29, 0.717) is 11.5 Å². The third kappa shape index (κ3) is 4.61. The molecule has 136 valence electrons. The number of rotatable bonds is 6. The van der Waals surface area contributed by atoms with Crippen LogP contribution in [0.3, 0.4) is 0 Å². The molecule has 26 heavy (non-hydrogen) atoms. The summed E-state index contributed by atoms with van der Waals surface area (Å²) in [6.07, 6.45) is 7.67. The quantitative estimate of drug-likeness (QED) is 0.443. The summed E-state index contributed by atoms with van der Waals surface area (Å²) in [5.74, 6) is 0.551. The van der Waals surface area contributed by atoms with E-state index in [1.54, 1.807) is 0 Å². The summed E-state index contributed by atoms with van der Waals surface area (Å²) < 4.78 is 20.3. The highest BCUT2D eigenvalue weighted by atomic mass is 32.1. The smallest absolute Gasteiger partial charge is 0.165 e. The molecule has 1 aromatic heterocycles. The van der Waals surface area contributed by atoms with Crippen LogP contribution >= 0.6 is 12.2 Å². The number of nitrogens with zero attached hydrogens (tertiary/aromatic N) is 2. The highest BCUT2D eigenvalue weighted by Crippen LogP contribution is 2.34. The number of hydrogen-bond donors (Lipinski definition) is 0. The van der Waals surface area contributed by atoms with Crippen LogP contribution < -0.4 is 0 Å². The molecule has 0 N–H and O–H groups in total. The highest BCUT2D eigenvalue weighted by molar-refractivity contribution is 7.78. The first kappa shape index (κ1) is 18.8. The number of hydrogen-bond acceptors (Lipinski definition) is 4. The molecule has 0 spiro atoms. The van der Waals surface area contributed by atoms with Crippen LogP contribution in [0.15, 0.2) is 41.5 Å². The zero-order valence-corrected chi connectivity index (χ0v) is 15.8. The SMILES string of the molecule is CCCCC1CC[C@@H](c2ccc(-c3cnc(N=C=S)cc3F)cc2)OC1. The Morgan fingerprint density at radius 2 is 2.12 bits per heavy atom. The first-order valence-corrected chi connectivity index (χ1v) is 9.57. The Morgan fingerprint density at radius 1 is 1.31 bits per heavy atom. The van der Waals surface area contributed by atoms with Gasteiger partial charge in [0.05, 0.1) is 17.9 Å². The van der Waals surface area contributed by atoms with Crippen molar-refractivity contribution in [2.24, 2.45) is 10.9 Å². The second-order valence-corrected chi connectivity index (χ2v) is 6.94. The topological polar surface area (TPSA) is 34.5 Å². The zero-order chi connectivity index (χ0) is 18.4. The van der Waals surface area contributed by atoms with Crippen LogP contribution in [0, 0.1) is 11.7 Å². The Morgan fingerprint density at radius 3 is 2.73 bits per heavy atom. The summed E-state index contributed by atoms with van der Waals surface area (Å²) in [6, 6.07) is 9.15. The van der Waals surface area contributed by atoms with Crippen molar-refractivity contribution in [1.29, 1.82) is 0 Å². The van der Waals surface area contributed by atoms with Gasteiger partial charge in [0.25, 0.3) is 0 Å². The van der Waals surface area contributed by atoms with E-state index < -0.39 is 0 Å². The predicted octanol–water partition coefficient (Wildman–Crippen LogP) is 6.28. The highest BCUT2D eigenvalue weighted by Gasteiger charge is 2.22.